The molecule has 1 N–H and O–H groups in total. The molecule has 0 radical (unpaired) electrons. The van der Waals surface area contributed by atoms with Crippen LogP contribution in [0, 0.1) is 5.82 Å². The first kappa shape index (κ1) is 14.4. The van der Waals surface area contributed by atoms with Crippen LogP contribution in [0.25, 0.3) is 22.2 Å². The molecule has 0 aliphatic carbocycles. The van der Waals surface area contributed by atoms with E-state index < -0.39 is 23.8 Å². The molecule has 2 heterocycles. The summed E-state index contributed by atoms with van der Waals surface area (Å²) < 4.78 is 55.3. The molecule has 0 fully saturated rings. The van der Waals surface area contributed by atoms with Gasteiger partial charge in [0.25, 0.3) is 0 Å². The highest BCUT2D eigenvalue weighted by molar-refractivity contribution is 5.81. The van der Waals surface area contributed by atoms with Crippen LogP contribution in [0.15, 0.2) is 35.1 Å². The fourth-order valence-corrected chi connectivity index (χ4v) is 1.92. The highest BCUT2D eigenvalue weighted by Crippen LogP contribution is 2.32. The summed E-state index contributed by atoms with van der Waals surface area (Å²) in [7, 11) is 0. The number of fused-ring (bicyclic) bond motifs is 1. The Bertz CT molecular complexity index is 814. The Balaban J connectivity index is 1.98. The fraction of sp³-hybridized carbons (Fsp3) is 0.154. The number of halogens is 4. The van der Waals surface area contributed by atoms with Crippen molar-refractivity contribution in [3.63, 3.8) is 0 Å². The lowest BCUT2D eigenvalue weighted by atomic mass is 10.1. The minimum Gasteiger partial charge on any atom is -0.378 e. The Kier molecular flexibility index (Phi) is 3.28. The summed E-state index contributed by atoms with van der Waals surface area (Å²) in [6, 6.07) is 4.93. The molecule has 3 rings (SSSR count). The monoisotopic (exact) mass is 313 g/mol. The number of nitrogens with zero attached hydrogens (tertiary/aromatic N) is 3. The normalized spacial score (nSPS) is 13.5. The second kappa shape index (κ2) is 5.02. The molecule has 114 valence electrons. The summed E-state index contributed by atoms with van der Waals surface area (Å²) in [6.07, 6.45) is -6.36. The van der Waals surface area contributed by atoms with E-state index in [0.717, 1.165) is 18.3 Å². The molecular weight excluding hydrogens is 306 g/mol. The minimum absolute atomic E-state index is 0.0409. The highest BCUT2D eigenvalue weighted by atomic mass is 19.4. The molecule has 22 heavy (non-hydrogen) atoms. The zero-order valence-corrected chi connectivity index (χ0v) is 10.7. The van der Waals surface area contributed by atoms with Crippen molar-refractivity contribution in [2.75, 3.05) is 0 Å². The maximum atomic E-state index is 13.8. The zero-order valence-electron chi connectivity index (χ0n) is 10.7. The van der Waals surface area contributed by atoms with E-state index in [2.05, 4.69) is 19.9 Å². The van der Waals surface area contributed by atoms with Crippen LogP contribution in [-0.2, 0) is 0 Å². The van der Waals surface area contributed by atoms with Crippen LogP contribution >= 0.6 is 0 Å². The quantitative estimate of drug-likeness (QED) is 0.736. The number of benzene rings is 1. The molecule has 0 amide bonds. The third kappa shape index (κ3) is 2.50. The van der Waals surface area contributed by atoms with Gasteiger partial charge in [0.1, 0.15) is 5.52 Å². The van der Waals surface area contributed by atoms with Crippen molar-refractivity contribution in [1.82, 2.24) is 15.3 Å². The molecule has 2 aromatic heterocycles. The van der Waals surface area contributed by atoms with Crippen molar-refractivity contribution in [2.45, 2.75) is 12.3 Å². The van der Waals surface area contributed by atoms with Gasteiger partial charge in [-0.25, -0.2) is 9.02 Å². The second-order valence-electron chi connectivity index (χ2n) is 4.51. The van der Waals surface area contributed by atoms with Gasteiger partial charge in [0.05, 0.1) is 5.69 Å². The molecule has 0 spiro atoms. The van der Waals surface area contributed by atoms with Crippen LogP contribution in [0.1, 0.15) is 11.8 Å². The number of rotatable bonds is 2. The maximum absolute atomic E-state index is 13.8. The molecule has 0 aliphatic rings. The SMILES string of the molecule is OC(c1ccc(-c2cc(F)c3nonc3c2)cn1)C(F)(F)F. The van der Waals surface area contributed by atoms with E-state index in [1.807, 2.05) is 0 Å². The van der Waals surface area contributed by atoms with Gasteiger partial charge in [0, 0.05) is 11.8 Å². The summed E-state index contributed by atoms with van der Waals surface area (Å²) in [4.78, 5) is 3.57. The standard InChI is InChI=1S/C13H7F4N3O2/c14-8-3-7(4-10-11(8)20-22-19-10)6-1-2-9(18-5-6)12(21)13(15,16)17/h1-5,12,21H. The Labute approximate surface area is 120 Å². The lowest BCUT2D eigenvalue weighted by Crippen LogP contribution is -2.21. The number of aliphatic hydroxyl groups is 1. The molecule has 3 aromatic rings. The Hall–Kier alpha value is -2.55. The van der Waals surface area contributed by atoms with Gasteiger partial charge in [-0.1, -0.05) is 6.07 Å². The van der Waals surface area contributed by atoms with E-state index in [1.165, 1.54) is 12.1 Å². The maximum Gasteiger partial charge on any atom is 0.420 e. The van der Waals surface area contributed by atoms with Gasteiger partial charge in [-0.2, -0.15) is 13.2 Å². The first-order chi connectivity index (χ1) is 10.4. The Morgan fingerprint density at radius 3 is 2.50 bits per heavy atom. The van der Waals surface area contributed by atoms with E-state index in [-0.39, 0.29) is 11.0 Å². The van der Waals surface area contributed by atoms with Gasteiger partial charge in [-0.05, 0) is 34.1 Å². The molecule has 1 unspecified atom stereocenters. The number of pyridine rings is 1. The van der Waals surface area contributed by atoms with Gasteiger partial charge in [0.2, 0.25) is 0 Å². The summed E-state index contributed by atoms with van der Waals surface area (Å²) in [6.45, 7) is 0. The largest absolute Gasteiger partial charge is 0.420 e. The Morgan fingerprint density at radius 1 is 1.09 bits per heavy atom. The molecule has 9 heteroatoms. The van der Waals surface area contributed by atoms with Crippen LogP contribution in [-0.4, -0.2) is 26.6 Å². The summed E-state index contributed by atoms with van der Waals surface area (Å²) >= 11 is 0. The Morgan fingerprint density at radius 2 is 1.86 bits per heavy atom. The predicted octanol–water partition coefficient (Wildman–Crippen LogP) is 3.02. The number of aromatic nitrogens is 3. The molecule has 1 atom stereocenters. The lowest BCUT2D eigenvalue weighted by Gasteiger charge is -2.14. The van der Waals surface area contributed by atoms with Gasteiger partial charge in [-0.15, -0.1) is 0 Å². The van der Waals surface area contributed by atoms with E-state index in [4.69, 9.17) is 5.11 Å². The average Bonchev–Trinajstić information content (AvgIpc) is 2.94. The third-order valence-electron chi connectivity index (χ3n) is 3.02. The smallest absolute Gasteiger partial charge is 0.378 e. The van der Waals surface area contributed by atoms with Crippen LogP contribution < -0.4 is 0 Å². The predicted molar refractivity (Wildman–Crippen MR) is 66.0 cm³/mol. The van der Waals surface area contributed by atoms with E-state index in [9.17, 15) is 17.6 Å². The lowest BCUT2D eigenvalue weighted by molar-refractivity contribution is -0.207. The molecule has 0 saturated carbocycles. The number of alkyl halides is 3. The van der Waals surface area contributed by atoms with Crippen molar-refractivity contribution in [2.24, 2.45) is 0 Å². The molecule has 0 aliphatic heterocycles. The summed E-state index contributed by atoms with van der Waals surface area (Å²) in [5, 5.41) is 16.0. The van der Waals surface area contributed by atoms with Crippen molar-refractivity contribution >= 4 is 11.0 Å². The highest BCUT2D eigenvalue weighted by Gasteiger charge is 2.40. The van der Waals surface area contributed by atoms with Crippen LogP contribution in [0.4, 0.5) is 17.6 Å². The number of aliphatic hydroxyl groups excluding tert-OH is 1. The minimum atomic E-state index is -4.80. The molecular formula is C13H7F4N3O2. The van der Waals surface area contributed by atoms with Crippen molar-refractivity contribution in [3.05, 3.63) is 42.0 Å². The van der Waals surface area contributed by atoms with Crippen molar-refractivity contribution < 1.29 is 27.3 Å². The van der Waals surface area contributed by atoms with Gasteiger partial charge in [-0.3, -0.25) is 4.98 Å². The number of hydrogen-bond donors (Lipinski definition) is 1. The van der Waals surface area contributed by atoms with Crippen molar-refractivity contribution in [1.29, 1.82) is 0 Å². The second-order valence-corrected chi connectivity index (χ2v) is 4.51. The van der Waals surface area contributed by atoms with Gasteiger partial charge in [0.15, 0.2) is 17.4 Å². The van der Waals surface area contributed by atoms with Crippen molar-refractivity contribution in [3.8, 4) is 11.1 Å². The van der Waals surface area contributed by atoms with Crippen LogP contribution in [0.5, 0.6) is 0 Å². The van der Waals surface area contributed by atoms with Crippen LogP contribution in [0.2, 0.25) is 0 Å². The molecule has 0 saturated heterocycles. The first-order valence-electron chi connectivity index (χ1n) is 5.99. The summed E-state index contributed by atoms with van der Waals surface area (Å²) in [5.74, 6) is -0.673. The average molecular weight is 313 g/mol. The van der Waals surface area contributed by atoms with E-state index in [1.54, 1.807) is 0 Å². The van der Waals surface area contributed by atoms with Gasteiger partial charge < -0.3 is 5.11 Å². The third-order valence-corrected chi connectivity index (χ3v) is 3.02. The summed E-state index contributed by atoms with van der Waals surface area (Å²) in [5.41, 5.74) is 0.305. The number of hydrogen-bond acceptors (Lipinski definition) is 5. The topological polar surface area (TPSA) is 72.0 Å². The molecule has 5 nitrogen and oxygen atoms in total. The van der Waals surface area contributed by atoms with E-state index >= 15 is 0 Å². The zero-order chi connectivity index (χ0) is 15.9. The fourth-order valence-electron chi connectivity index (χ4n) is 1.92. The molecule has 1 aromatic carbocycles. The first-order valence-corrected chi connectivity index (χ1v) is 5.99. The van der Waals surface area contributed by atoms with Gasteiger partial charge >= 0.3 is 6.18 Å². The molecule has 0 bridgehead atoms. The van der Waals surface area contributed by atoms with E-state index in [0.29, 0.717) is 11.1 Å². The van der Waals surface area contributed by atoms with Crippen LogP contribution in [0.3, 0.4) is 0 Å².